The van der Waals surface area contributed by atoms with Crippen LogP contribution in [0.3, 0.4) is 0 Å². The van der Waals surface area contributed by atoms with Crippen molar-refractivity contribution in [3.8, 4) is 5.75 Å². The molecule has 3 rings (SSSR count). The molecule has 2 aromatic rings. The summed E-state index contributed by atoms with van der Waals surface area (Å²) in [6.07, 6.45) is 0. The molecule has 0 saturated carbocycles. The summed E-state index contributed by atoms with van der Waals surface area (Å²) in [7, 11) is 1.63. The van der Waals surface area contributed by atoms with E-state index in [1.807, 2.05) is 50.2 Å². The first-order chi connectivity index (χ1) is 11.3. The molecule has 0 unspecified atom stereocenters. The van der Waals surface area contributed by atoms with E-state index in [-0.39, 0.29) is 17.9 Å². The fourth-order valence-corrected chi connectivity index (χ4v) is 3.09. The van der Waals surface area contributed by atoms with E-state index in [0.717, 1.165) is 22.1 Å². The maximum Gasteiger partial charge on any atom is 0.325 e. The molecular formula is C19H22N2O3. The number of rotatable bonds is 4. The summed E-state index contributed by atoms with van der Waals surface area (Å²) >= 11 is 0. The molecule has 1 aliphatic rings. The molecule has 0 aliphatic carbocycles. The molecule has 1 atom stereocenters. The zero-order chi connectivity index (χ0) is 17.5. The minimum Gasteiger partial charge on any atom is -0.497 e. The van der Waals surface area contributed by atoms with Gasteiger partial charge in [-0.15, -0.1) is 0 Å². The summed E-state index contributed by atoms with van der Waals surface area (Å²) in [5, 5.41) is 4.88. The fraction of sp³-hybridized carbons (Fsp3) is 0.368. The number of hydrogen-bond acceptors (Lipinski definition) is 3. The summed E-state index contributed by atoms with van der Waals surface area (Å²) < 4.78 is 5.24. The molecule has 3 amide bonds. The van der Waals surface area contributed by atoms with Crippen LogP contribution in [0.4, 0.5) is 4.79 Å². The van der Waals surface area contributed by atoms with Crippen LogP contribution in [0.15, 0.2) is 36.4 Å². The van der Waals surface area contributed by atoms with Gasteiger partial charge in [-0.3, -0.25) is 9.69 Å². The second kappa shape index (κ2) is 5.82. The van der Waals surface area contributed by atoms with E-state index < -0.39 is 5.54 Å². The number of fused-ring (bicyclic) bond motifs is 1. The first kappa shape index (κ1) is 16.3. The Morgan fingerprint density at radius 2 is 1.79 bits per heavy atom. The van der Waals surface area contributed by atoms with Gasteiger partial charge in [-0.25, -0.2) is 4.79 Å². The maximum atomic E-state index is 12.8. The van der Waals surface area contributed by atoms with Gasteiger partial charge in [0.1, 0.15) is 11.3 Å². The van der Waals surface area contributed by atoms with Crippen LogP contribution in [0.1, 0.15) is 26.3 Å². The Kier molecular flexibility index (Phi) is 3.95. The molecule has 5 nitrogen and oxygen atoms in total. The van der Waals surface area contributed by atoms with Crippen LogP contribution in [0.2, 0.25) is 0 Å². The highest BCUT2D eigenvalue weighted by atomic mass is 16.5. The largest absolute Gasteiger partial charge is 0.497 e. The topological polar surface area (TPSA) is 58.6 Å². The van der Waals surface area contributed by atoms with Crippen LogP contribution in [-0.2, 0) is 10.3 Å². The van der Waals surface area contributed by atoms with Crippen LogP contribution >= 0.6 is 0 Å². The minimum absolute atomic E-state index is 0.200. The van der Waals surface area contributed by atoms with Gasteiger partial charge in [0.05, 0.1) is 7.11 Å². The van der Waals surface area contributed by atoms with Crippen molar-refractivity contribution < 1.29 is 14.3 Å². The molecule has 5 heteroatoms. The number of hydrogen-bond donors (Lipinski definition) is 1. The number of ether oxygens (including phenoxy) is 1. The molecule has 1 saturated heterocycles. The quantitative estimate of drug-likeness (QED) is 0.877. The number of methoxy groups -OCH3 is 1. The second-order valence-corrected chi connectivity index (χ2v) is 6.79. The second-order valence-electron chi connectivity index (χ2n) is 6.79. The standard InChI is InChI=1S/C19H22N2O3/c1-12(2)11-21-17(22)19(3,20-18(21)23)15-7-5-14-10-16(24-4)8-6-13(14)9-15/h5-10,12H,11H2,1-4H3,(H,20,23)/t19-/m0/s1. The summed E-state index contributed by atoms with van der Waals surface area (Å²) in [6.45, 7) is 6.16. The van der Waals surface area contributed by atoms with Crippen molar-refractivity contribution in [1.29, 1.82) is 0 Å². The molecule has 0 bridgehead atoms. The third kappa shape index (κ3) is 2.60. The van der Waals surface area contributed by atoms with Crippen molar-refractivity contribution in [3.63, 3.8) is 0 Å². The first-order valence-corrected chi connectivity index (χ1v) is 8.07. The molecule has 1 heterocycles. The van der Waals surface area contributed by atoms with E-state index in [4.69, 9.17) is 4.74 Å². The zero-order valence-electron chi connectivity index (χ0n) is 14.4. The van der Waals surface area contributed by atoms with Gasteiger partial charge in [0.15, 0.2) is 0 Å². The molecule has 0 aromatic heterocycles. The number of nitrogens with one attached hydrogen (secondary N) is 1. The molecule has 0 spiro atoms. The number of nitrogens with zero attached hydrogens (tertiary/aromatic N) is 1. The number of imide groups is 1. The van der Waals surface area contributed by atoms with Crippen LogP contribution in [-0.4, -0.2) is 30.5 Å². The Labute approximate surface area is 141 Å². The Bertz CT molecular complexity index is 815. The van der Waals surface area contributed by atoms with E-state index in [1.165, 1.54) is 4.90 Å². The summed E-state index contributed by atoms with van der Waals surface area (Å²) in [5.41, 5.74) is -0.245. The fourth-order valence-electron chi connectivity index (χ4n) is 3.09. The highest BCUT2D eigenvalue weighted by Crippen LogP contribution is 2.32. The maximum absolute atomic E-state index is 12.8. The van der Waals surface area contributed by atoms with E-state index in [2.05, 4.69) is 5.32 Å². The highest BCUT2D eigenvalue weighted by molar-refractivity contribution is 6.07. The number of benzene rings is 2. The lowest BCUT2D eigenvalue weighted by Gasteiger charge is -2.23. The van der Waals surface area contributed by atoms with Crippen molar-refractivity contribution in [1.82, 2.24) is 10.2 Å². The summed E-state index contributed by atoms with van der Waals surface area (Å²) in [6, 6.07) is 11.2. The van der Waals surface area contributed by atoms with Gasteiger partial charge in [-0.05, 0) is 47.4 Å². The van der Waals surface area contributed by atoms with Gasteiger partial charge in [-0.2, -0.15) is 0 Å². The Morgan fingerprint density at radius 3 is 2.46 bits per heavy atom. The molecular weight excluding hydrogens is 304 g/mol. The predicted molar refractivity (Wildman–Crippen MR) is 92.9 cm³/mol. The molecule has 2 aromatic carbocycles. The minimum atomic E-state index is -1.03. The van der Waals surface area contributed by atoms with Crippen molar-refractivity contribution in [2.75, 3.05) is 13.7 Å². The Balaban J connectivity index is 2.00. The van der Waals surface area contributed by atoms with Crippen LogP contribution in [0.5, 0.6) is 5.75 Å². The smallest absolute Gasteiger partial charge is 0.325 e. The van der Waals surface area contributed by atoms with Gasteiger partial charge < -0.3 is 10.1 Å². The predicted octanol–water partition coefficient (Wildman–Crippen LogP) is 3.27. The molecule has 1 N–H and O–H groups in total. The van der Waals surface area contributed by atoms with Crippen molar-refractivity contribution in [2.45, 2.75) is 26.3 Å². The summed E-state index contributed by atoms with van der Waals surface area (Å²) in [5.74, 6) is 0.815. The third-order valence-electron chi connectivity index (χ3n) is 4.45. The number of urea groups is 1. The lowest BCUT2D eigenvalue weighted by Crippen LogP contribution is -2.41. The Hall–Kier alpha value is -2.56. The van der Waals surface area contributed by atoms with E-state index in [1.54, 1.807) is 14.0 Å². The van der Waals surface area contributed by atoms with Gasteiger partial charge in [0.2, 0.25) is 0 Å². The average Bonchev–Trinajstić information content (AvgIpc) is 2.77. The molecule has 126 valence electrons. The Morgan fingerprint density at radius 1 is 1.12 bits per heavy atom. The average molecular weight is 326 g/mol. The third-order valence-corrected chi connectivity index (χ3v) is 4.45. The molecule has 24 heavy (non-hydrogen) atoms. The summed E-state index contributed by atoms with van der Waals surface area (Å²) in [4.78, 5) is 26.4. The van der Waals surface area contributed by atoms with Crippen LogP contribution < -0.4 is 10.1 Å². The van der Waals surface area contributed by atoms with Gasteiger partial charge in [0, 0.05) is 6.54 Å². The van der Waals surface area contributed by atoms with E-state index in [0.29, 0.717) is 6.54 Å². The van der Waals surface area contributed by atoms with Crippen molar-refractivity contribution in [2.24, 2.45) is 5.92 Å². The van der Waals surface area contributed by atoms with Gasteiger partial charge in [0.25, 0.3) is 5.91 Å². The number of carbonyl (C=O) groups is 2. The molecule has 1 aliphatic heterocycles. The monoisotopic (exact) mass is 326 g/mol. The SMILES string of the molecule is COc1ccc2cc([C@]3(C)NC(=O)N(CC(C)C)C3=O)ccc2c1. The van der Waals surface area contributed by atoms with E-state index >= 15 is 0 Å². The molecule has 1 fully saturated rings. The zero-order valence-corrected chi connectivity index (χ0v) is 14.4. The lowest BCUT2D eigenvalue weighted by atomic mass is 9.90. The normalized spacial score (nSPS) is 20.8. The van der Waals surface area contributed by atoms with Crippen molar-refractivity contribution >= 4 is 22.7 Å². The van der Waals surface area contributed by atoms with Crippen molar-refractivity contribution in [3.05, 3.63) is 42.0 Å². The lowest BCUT2D eigenvalue weighted by molar-refractivity contribution is -0.131. The van der Waals surface area contributed by atoms with Crippen LogP contribution in [0.25, 0.3) is 10.8 Å². The van der Waals surface area contributed by atoms with Gasteiger partial charge >= 0.3 is 6.03 Å². The first-order valence-electron chi connectivity index (χ1n) is 8.07. The highest BCUT2D eigenvalue weighted by Gasteiger charge is 2.48. The molecule has 0 radical (unpaired) electrons. The van der Waals surface area contributed by atoms with Crippen LogP contribution in [0, 0.1) is 5.92 Å². The number of carbonyl (C=O) groups excluding carboxylic acids is 2. The van der Waals surface area contributed by atoms with Gasteiger partial charge in [-0.1, -0.05) is 32.0 Å². The van der Waals surface area contributed by atoms with E-state index in [9.17, 15) is 9.59 Å². The number of amides is 3.